The number of hydrogen-bond acceptors (Lipinski definition) is 1. The zero-order valence-electron chi connectivity index (χ0n) is 9.99. The van der Waals surface area contributed by atoms with Crippen molar-refractivity contribution in [3.63, 3.8) is 0 Å². The van der Waals surface area contributed by atoms with Crippen molar-refractivity contribution in [3.05, 3.63) is 41.6 Å². The van der Waals surface area contributed by atoms with Crippen LogP contribution in [0.3, 0.4) is 0 Å². The number of benzene rings is 1. The SMILES string of the molecule is Cc1cc(CC(Br)C2CC2)c2ccccc2n1. The highest BCUT2D eigenvalue weighted by atomic mass is 79.9. The minimum Gasteiger partial charge on any atom is -0.253 e. The number of aromatic nitrogens is 1. The number of hydrogen-bond donors (Lipinski definition) is 0. The Morgan fingerprint density at radius 1 is 1.35 bits per heavy atom. The fourth-order valence-electron chi connectivity index (χ4n) is 2.40. The highest BCUT2D eigenvalue weighted by molar-refractivity contribution is 9.09. The Morgan fingerprint density at radius 3 is 2.88 bits per heavy atom. The molecule has 1 aliphatic rings. The van der Waals surface area contributed by atoms with Crippen molar-refractivity contribution in [2.24, 2.45) is 5.92 Å². The first-order chi connectivity index (χ1) is 8.24. The predicted molar refractivity (Wildman–Crippen MR) is 75.6 cm³/mol. The average Bonchev–Trinajstić information content (AvgIpc) is 3.12. The fourth-order valence-corrected chi connectivity index (χ4v) is 3.28. The van der Waals surface area contributed by atoms with Crippen LogP contribution in [0.15, 0.2) is 30.3 Å². The van der Waals surface area contributed by atoms with E-state index in [-0.39, 0.29) is 0 Å². The second-order valence-electron chi connectivity index (χ2n) is 5.00. The molecule has 1 aromatic heterocycles. The number of alkyl halides is 1. The maximum atomic E-state index is 4.59. The summed E-state index contributed by atoms with van der Waals surface area (Å²) in [6.07, 6.45) is 3.89. The second-order valence-corrected chi connectivity index (χ2v) is 6.17. The van der Waals surface area contributed by atoms with Crippen molar-refractivity contribution in [1.82, 2.24) is 4.98 Å². The Bertz CT molecular complexity index is 546. The van der Waals surface area contributed by atoms with Crippen LogP contribution in [-0.4, -0.2) is 9.81 Å². The molecule has 1 aromatic carbocycles. The summed E-state index contributed by atoms with van der Waals surface area (Å²) in [6.45, 7) is 2.08. The molecule has 0 spiro atoms. The third-order valence-corrected chi connectivity index (χ3v) is 4.55. The van der Waals surface area contributed by atoms with Crippen molar-refractivity contribution >= 4 is 26.8 Å². The highest BCUT2D eigenvalue weighted by Gasteiger charge is 2.29. The molecule has 1 heterocycles. The van der Waals surface area contributed by atoms with E-state index in [4.69, 9.17) is 0 Å². The molecule has 1 unspecified atom stereocenters. The quantitative estimate of drug-likeness (QED) is 0.770. The number of halogens is 1. The van der Waals surface area contributed by atoms with Crippen LogP contribution in [0.4, 0.5) is 0 Å². The van der Waals surface area contributed by atoms with Crippen LogP contribution in [0.5, 0.6) is 0 Å². The van der Waals surface area contributed by atoms with E-state index in [1.54, 1.807) is 0 Å². The Morgan fingerprint density at radius 2 is 2.12 bits per heavy atom. The molecule has 1 atom stereocenters. The summed E-state index contributed by atoms with van der Waals surface area (Å²) in [5.41, 5.74) is 3.68. The third kappa shape index (κ3) is 2.37. The Hall–Kier alpha value is -0.890. The van der Waals surface area contributed by atoms with Crippen molar-refractivity contribution in [1.29, 1.82) is 0 Å². The molecule has 1 aliphatic carbocycles. The molecular weight excluding hydrogens is 274 g/mol. The lowest BCUT2D eigenvalue weighted by Gasteiger charge is -2.11. The van der Waals surface area contributed by atoms with E-state index in [0.29, 0.717) is 4.83 Å². The average molecular weight is 290 g/mol. The van der Waals surface area contributed by atoms with Gasteiger partial charge in [0, 0.05) is 15.9 Å². The van der Waals surface area contributed by atoms with E-state index >= 15 is 0 Å². The molecule has 1 fully saturated rings. The molecule has 0 amide bonds. The predicted octanol–water partition coefficient (Wildman–Crippen LogP) is 4.26. The van der Waals surface area contributed by atoms with E-state index in [2.05, 4.69) is 58.2 Å². The van der Waals surface area contributed by atoms with Gasteiger partial charge in [0.25, 0.3) is 0 Å². The van der Waals surface area contributed by atoms with Gasteiger partial charge in [-0.3, -0.25) is 4.98 Å². The molecule has 17 heavy (non-hydrogen) atoms. The number of rotatable bonds is 3. The minimum absolute atomic E-state index is 0.632. The van der Waals surface area contributed by atoms with Gasteiger partial charge in [0.1, 0.15) is 0 Å². The van der Waals surface area contributed by atoms with E-state index < -0.39 is 0 Å². The van der Waals surface area contributed by atoms with Gasteiger partial charge in [-0.2, -0.15) is 0 Å². The molecule has 2 aromatic rings. The van der Waals surface area contributed by atoms with E-state index in [1.807, 2.05) is 0 Å². The van der Waals surface area contributed by atoms with Crippen molar-refractivity contribution < 1.29 is 0 Å². The van der Waals surface area contributed by atoms with Crippen molar-refractivity contribution in [2.45, 2.75) is 31.0 Å². The standard InChI is InChI=1S/C15H16BrN/c1-10-8-12(9-14(16)11-6-7-11)13-4-2-3-5-15(13)17-10/h2-5,8,11,14H,6-7,9H2,1H3. The Kier molecular flexibility index (Phi) is 2.91. The lowest BCUT2D eigenvalue weighted by Crippen LogP contribution is -2.06. The summed E-state index contributed by atoms with van der Waals surface area (Å²) in [6, 6.07) is 10.7. The van der Waals surface area contributed by atoms with Crippen LogP contribution < -0.4 is 0 Å². The summed E-state index contributed by atoms with van der Waals surface area (Å²) in [4.78, 5) is 5.22. The summed E-state index contributed by atoms with van der Waals surface area (Å²) in [5, 5.41) is 1.31. The van der Waals surface area contributed by atoms with E-state index in [9.17, 15) is 0 Å². The van der Waals surface area contributed by atoms with Gasteiger partial charge < -0.3 is 0 Å². The molecule has 1 nitrogen and oxygen atoms in total. The molecule has 0 radical (unpaired) electrons. The molecule has 3 rings (SSSR count). The maximum absolute atomic E-state index is 4.59. The number of aryl methyl sites for hydroxylation is 1. The van der Waals surface area contributed by atoms with Gasteiger partial charge in [0.2, 0.25) is 0 Å². The largest absolute Gasteiger partial charge is 0.253 e. The lowest BCUT2D eigenvalue weighted by molar-refractivity contribution is 0.762. The first kappa shape index (κ1) is 11.2. The monoisotopic (exact) mass is 289 g/mol. The molecule has 88 valence electrons. The number of fused-ring (bicyclic) bond motifs is 1. The molecule has 1 saturated carbocycles. The summed E-state index contributed by atoms with van der Waals surface area (Å²) < 4.78 is 0. The number of para-hydroxylation sites is 1. The summed E-state index contributed by atoms with van der Waals surface area (Å²) in [7, 11) is 0. The molecule has 0 N–H and O–H groups in total. The van der Waals surface area contributed by atoms with Crippen LogP contribution in [0.25, 0.3) is 10.9 Å². The molecule has 0 aliphatic heterocycles. The van der Waals surface area contributed by atoms with Gasteiger partial charge in [-0.1, -0.05) is 34.1 Å². The van der Waals surface area contributed by atoms with Gasteiger partial charge in [0.15, 0.2) is 0 Å². The number of pyridine rings is 1. The minimum atomic E-state index is 0.632. The zero-order chi connectivity index (χ0) is 11.8. The highest BCUT2D eigenvalue weighted by Crippen LogP contribution is 2.38. The number of nitrogens with zero attached hydrogens (tertiary/aromatic N) is 1. The van der Waals surface area contributed by atoms with Gasteiger partial charge in [-0.05, 0) is 49.8 Å². The van der Waals surface area contributed by atoms with Crippen LogP contribution in [-0.2, 0) is 6.42 Å². The van der Waals surface area contributed by atoms with Crippen LogP contribution in [0, 0.1) is 12.8 Å². The van der Waals surface area contributed by atoms with Crippen molar-refractivity contribution in [3.8, 4) is 0 Å². The molecule has 0 bridgehead atoms. The Balaban J connectivity index is 2.01. The Labute approximate surface area is 110 Å². The van der Waals surface area contributed by atoms with Crippen LogP contribution in [0.2, 0.25) is 0 Å². The first-order valence-electron chi connectivity index (χ1n) is 6.23. The van der Waals surface area contributed by atoms with Gasteiger partial charge in [0.05, 0.1) is 5.52 Å². The second kappa shape index (κ2) is 4.41. The topological polar surface area (TPSA) is 12.9 Å². The first-order valence-corrected chi connectivity index (χ1v) is 7.15. The smallest absolute Gasteiger partial charge is 0.0707 e. The normalized spacial score (nSPS) is 17.3. The van der Waals surface area contributed by atoms with Gasteiger partial charge >= 0.3 is 0 Å². The molecular formula is C15H16BrN. The molecule has 0 saturated heterocycles. The van der Waals surface area contributed by atoms with Gasteiger partial charge in [-0.25, -0.2) is 0 Å². The zero-order valence-corrected chi connectivity index (χ0v) is 11.6. The van der Waals surface area contributed by atoms with Crippen LogP contribution >= 0.6 is 15.9 Å². The maximum Gasteiger partial charge on any atom is 0.0707 e. The van der Waals surface area contributed by atoms with Crippen LogP contribution in [0.1, 0.15) is 24.1 Å². The fraction of sp³-hybridized carbons (Fsp3) is 0.400. The van der Waals surface area contributed by atoms with E-state index in [1.165, 1.54) is 23.8 Å². The molecule has 2 heteroatoms. The van der Waals surface area contributed by atoms with Crippen molar-refractivity contribution in [2.75, 3.05) is 0 Å². The van der Waals surface area contributed by atoms with E-state index in [0.717, 1.165) is 23.5 Å². The summed E-state index contributed by atoms with van der Waals surface area (Å²) >= 11 is 3.83. The lowest BCUT2D eigenvalue weighted by atomic mass is 10.0. The summed E-state index contributed by atoms with van der Waals surface area (Å²) in [5.74, 6) is 0.891. The third-order valence-electron chi connectivity index (χ3n) is 3.48. The van der Waals surface area contributed by atoms with Gasteiger partial charge in [-0.15, -0.1) is 0 Å².